The number of hydrogen-bond acceptors (Lipinski definition) is 3. The topological polar surface area (TPSA) is 60.2 Å². The van der Waals surface area contributed by atoms with Crippen LogP contribution in [0.25, 0.3) is 0 Å². The molecule has 0 aliphatic carbocycles. The van der Waals surface area contributed by atoms with E-state index in [1.54, 1.807) is 0 Å². The molecule has 4 heteroatoms. The summed E-state index contributed by atoms with van der Waals surface area (Å²) in [5, 5.41) is 0. The van der Waals surface area contributed by atoms with E-state index in [0.717, 1.165) is 16.7 Å². The number of nitrogens with two attached hydrogens (primary N) is 1. The van der Waals surface area contributed by atoms with Gasteiger partial charge in [-0.2, -0.15) is 0 Å². The van der Waals surface area contributed by atoms with Gasteiger partial charge >= 0.3 is 0 Å². The maximum absolute atomic E-state index is 11.0. The third-order valence-electron chi connectivity index (χ3n) is 2.06. The fourth-order valence-electron chi connectivity index (χ4n) is 1.38. The molecule has 0 saturated heterocycles. The minimum Gasteiger partial charge on any atom is -0.326 e. The highest BCUT2D eigenvalue weighted by Gasteiger charge is 2.05. The summed E-state index contributed by atoms with van der Waals surface area (Å²) in [5.74, 6) is 0.0959. The standard InChI is InChI=1S/C10H15NO2S/c1-8-5-9(7-14(2,12)13)3-4-10(8)6-11/h3-5H,6-7,11H2,1-2H3. The molecule has 0 aromatic heterocycles. The highest BCUT2D eigenvalue weighted by molar-refractivity contribution is 7.89. The van der Waals surface area contributed by atoms with E-state index in [1.807, 2.05) is 25.1 Å². The molecular formula is C10H15NO2S. The summed E-state index contributed by atoms with van der Waals surface area (Å²) in [4.78, 5) is 0. The Kier molecular flexibility index (Phi) is 3.29. The van der Waals surface area contributed by atoms with Gasteiger partial charge in [-0.3, -0.25) is 0 Å². The zero-order valence-corrected chi connectivity index (χ0v) is 9.26. The summed E-state index contributed by atoms with van der Waals surface area (Å²) in [7, 11) is -2.94. The summed E-state index contributed by atoms with van der Waals surface area (Å²) < 4.78 is 22.1. The molecule has 0 aliphatic heterocycles. The van der Waals surface area contributed by atoms with Gasteiger partial charge < -0.3 is 5.73 Å². The zero-order valence-electron chi connectivity index (χ0n) is 8.45. The van der Waals surface area contributed by atoms with Gasteiger partial charge in [0.15, 0.2) is 9.84 Å². The van der Waals surface area contributed by atoms with Crippen LogP contribution >= 0.6 is 0 Å². The molecule has 1 aromatic carbocycles. The van der Waals surface area contributed by atoms with E-state index in [1.165, 1.54) is 6.26 Å². The molecule has 0 atom stereocenters. The van der Waals surface area contributed by atoms with E-state index in [-0.39, 0.29) is 5.75 Å². The van der Waals surface area contributed by atoms with Gasteiger partial charge in [-0.25, -0.2) is 8.42 Å². The number of aryl methyl sites for hydroxylation is 1. The Hall–Kier alpha value is -0.870. The Balaban J connectivity index is 2.98. The lowest BCUT2D eigenvalue weighted by atomic mass is 10.1. The minimum atomic E-state index is -2.94. The maximum atomic E-state index is 11.0. The Labute approximate surface area is 84.9 Å². The van der Waals surface area contributed by atoms with Crippen molar-refractivity contribution < 1.29 is 8.42 Å². The molecule has 14 heavy (non-hydrogen) atoms. The second-order valence-corrected chi connectivity index (χ2v) is 5.68. The number of hydrogen-bond donors (Lipinski definition) is 1. The first-order chi connectivity index (χ1) is 6.42. The Bertz CT molecular complexity index is 424. The van der Waals surface area contributed by atoms with Crippen LogP contribution in [0.5, 0.6) is 0 Å². The van der Waals surface area contributed by atoms with E-state index >= 15 is 0 Å². The van der Waals surface area contributed by atoms with E-state index in [4.69, 9.17) is 5.73 Å². The van der Waals surface area contributed by atoms with Crippen molar-refractivity contribution in [1.82, 2.24) is 0 Å². The zero-order chi connectivity index (χ0) is 10.8. The third-order valence-corrected chi connectivity index (χ3v) is 2.91. The van der Waals surface area contributed by atoms with Crippen LogP contribution in [0.4, 0.5) is 0 Å². The van der Waals surface area contributed by atoms with Gasteiger partial charge in [0.1, 0.15) is 0 Å². The summed E-state index contributed by atoms with van der Waals surface area (Å²) >= 11 is 0. The van der Waals surface area contributed by atoms with Crippen molar-refractivity contribution in [2.75, 3.05) is 6.26 Å². The lowest BCUT2D eigenvalue weighted by Gasteiger charge is -2.05. The van der Waals surface area contributed by atoms with Crippen LogP contribution in [0.1, 0.15) is 16.7 Å². The molecule has 0 amide bonds. The van der Waals surface area contributed by atoms with Crippen LogP contribution in [0.15, 0.2) is 18.2 Å². The van der Waals surface area contributed by atoms with E-state index in [0.29, 0.717) is 6.54 Å². The average Bonchev–Trinajstić information content (AvgIpc) is 2.01. The van der Waals surface area contributed by atoms with E-state index in [9.17, 15) is 8.42 Å². The SMILES string of the molecule is Cc1cc(CS(C)(=O)=O)ccc1CN. The second kappa shape index (κ2) is 4.11. The predicted octanol–water partition coefficient (Wildman–Crippen LogP) is 0.998. The molecule has 0 radical (unpaired) electrons. The maximum Gasteiger partial charge on any atom is 0.151 e. The average molecular weight is 213 g/mol. The Morgan fingerprint density at radius 3 is 2.43 bits per heavy atom. The fourth-order valence-corrected chi connectivity index (χ4v) is 2.16. The van der Waals surface area contributed by atoms with E-state index in [2.05, 4.69) is 0 Å². The molecule has 0 fully saturated rings. The number of rotatable bonds is 3. The summed E-state index contributed by atoms with van der Waals surface area (Å²) in [6.45, 7) is 2.43. The van der Waals surface area contributed by atoms with Crippen molar-refractivity contribution in [3.05, 3.63) is 34.9 Å². The normalized spacial score (nSPS) is 11.6. The third kappa shape index (κ3) is 3.12. The van der Waals surface area contributed by atoms with Crippen LogP contribution in [0.2, 0.25) is 0 Å². The summed E-state index contributed by atoms with van der Waals surface area (Å²) in [6.07, 6.45) is 1.24. The fraction of sp³-hybridized carbons (Fsp3) is 0.400. The van der Waals surface area contributed by atoms with Crippen LogP contribution in [-0.4, -0.2) is 14.7 Å². The van der Waals surface area contributed by atoms with Gasteiger partial charge in [0.25, 0.3) is 0 Å². The molecule has 78 valence electrons. The Morgan fingerprint density at radius 2 is 2.00 bits per heavy atom. The molecule has 1 rings (SSSR count). The Morgan fingerprint density at radius 1 is 1.36 bits per heavy atom. The molecule has 0 spiro atoms. The van der Waals surface area contributed by atoms with Gasteiger partial charge in [-0.1, -0.05) is 18.2 Å². The molecule has 1 aromatic rings. The second-order valence-electron chi connectivity index (χ2n) is 3.54. The first kappa shape index (κ1) is 11.2. The van der Waals surface area contributed by atoms with Crippen molar-refractivity contribution in [2.24, 2.45) is 5.73 Å². The van der Waals surface area contributed by atoms with Crippen molar-refractivity contribution in [2.45, 2.75) is 19.2 Å². The predicted molar refractivity (Wildman–Crippen MR) is 57.6 cm³/mol. The monoisotopic (exact) mass is 213 g/mol. The molecule has 0 bridgehead atoms. The van der Waals surface area contributed by atoms with Crippen molar-refractivity contribution in [1.29, 1.82) is 0 Å². The molecule has 0 heterocycles. The molecule has 0 unspecified atom stereocenters. The van der Waals surface area contributed by atoms with Crippen LogP contribution in [-0.2, 0) is 22.1 Å². The first-order valence-corrected chi connectivity index (χ1v) is 6.44. The summed E-state index contributed by atoms with van der Waals surface area (Å²) in [6, 6.07) is 5.58. The number of benzene rings is 1. The van der Waals surface area contributed by atoms with E-state index < -0.39 is 9.84 Å². The summed E-state index contributed by atoms with van der Waals surface area (Å²) in [5.41, 5.74) is 8.44. The molecule has 0 saturated carbocycles. The molecular weight excluding hydrogens is 198 g/mol. The lowest BCUT2D eigenvalue weighted by molar-refractivity contribution is 0.601. The van der Waals surface area contributed by atoms with Crippen molar-refractivity contribution in [3.8, 4) is 0 Å². The van der Waals surface area contributed by atoms with Crippen LogP contribution < -0.4 is 5.73 Å². The quantitative estimate of drug-likeness (QED) is 0.814. The number of sulfone groups is 1. The largest absolute Gasteiger partial charge is 0.326 e. The van der Waals surface area contributed by atoms with Gasteiger partial charge in [0, 0.05) is 12.8 Å². The molecule has 3 nitrogen and oxygen atoms in total. The van der Waals surface area contributed by atoms with Gasteiger partial charge in [0.05, 0.1) is 5.75 Å². The first-order valence-electron chi connectivity index (χ1n) is 4.38. The van der Waals surface area contributed by atoms with Crippen LogP contribution in [0, 0.1) is 6.92 Å². The lowest BCUT2D eigenvalue weighted by Crippen LogP contribution is -2.03. The molecule has 0 aliphatic rings. The smallest absolute Gasteiger partial charge is 0.151 e. The van der Waals surface area contributed by atoms with Crippen molar-refractivity contribution >= 4 is 9.84 Å². The van der Waals surface area contributed by atoms with Gasteiger partial charge in [-0.05, 0) is 23.6 Å². The highest BCUT2D eigenvalue weighted by Crippen LogP contribution is 2.12. The molecule has 2 N–H and O–H groups in total. The van der Waals surface area contributed by atoms with Crippen LogP contribution in [0.3, 0.4) is 0 Å². The minimum absolute atomic E-state index is 0.0959. The van der Waals surface area contributed by atoms with Crippen molar-refractivity contribution in [3.63, 3.8) is 0 Å². The van der Waals surface area contributed by atoms with Gasteiger partial charge in [-0.15, -0.1) is 0 Å². The van der Waals surface area contributed by atoms with Gasteiger partial charge in [0.2, 0.25) is 0 Å². The highest BCUT2D eigenvalue weighted by atomic mass is 32.2.